The highest BCUT2D eigenvalue weighted by atomic mass is 127. The van der Waals surface area contributed by atoms with Crippen molar-refractivity contribution in [1.82, 2.24) is 20.4 Å². The van der Waals surface area contributed by atoms with Gasteiger partial charge in [0.25, 0.3) is 0 Å². The van der Waals surface area contributed by atoms with Gasteiger partial charge in [0, 0.05) is 44.0 Å². The Labute approximate surface area is 190 Å². The number of aliphatic imine (C=N–C) groups is 1. The van der Waals surface area contributed by atoms with Gasteiger partial charge in [-0.1, -0.05) is 12.1 Å². The fourth-order valence-corrected chi connectivity index (χ4v) is 3.71. The van der Waals surface area contributed by atoms with Crippen molar-refractivity contribution in [1.29, 1.82) is 0 Å². The summed E-state index contributed by atoms with van der Waals surface area (Å²) in [5.74, 6) is 1.78. The number of hydrogen-bond acceptors (Lipinski definition) is 4. The van der Waals surface area contributed by atoms with Crippen LogP contribution < -0.4 is 20.3 Å². The zero-order valence-electron chi connectivity index (χ0n) is 18.0. The molecule has 1 aromatic heterocycles. The molecular formula is C21H33IN6O. The maximum atomic E-state index is 5.52. The predicted molar refractivity (Wildman–Crippen MR) is 130 cm³/mol. The molecule has 2 N–H and O–H groups in total. The summed E-state index contributed by atoms with van der Waals surface area (Å²) in [5.41, 5.74) is 4.56. The van der Waals surface area contributed by atoms with Gasteiger partial charge in [-0.2, -0.15) is 5.10 Å². The molecule has 1 fully saturated rings. The van der Waals surface area contributed by atoms with Crippen molar-refractivity contribution >= 4 is 35.6 Å². The van der Waals surface area contributed by atoms with Crippen molar-refractivity contribution in [3.05, 3.63) is 41.2 Å². The lowest BCUT2D eigenvalue weighted by Crippen LogP contribution is -2.44. The minimum Gasteiger partial charge on any atom is -0.495 e. The smallest absolute Gasteiger partial charge is 0.191 e. The Morgan fingerprint density at radius 3 is 2.72 bits per heavy atom. The first-order chi connectivity index (χ1) is 13.5. The van der Waals surface area contributed by atoms with Gasteiger partial charge in [0.1, 0.15) is 5.75 Å². The second-order valence-electron chi connectivity index (χ2n) is 7.22. The quantitative estimate of drug-likeness (QED) is 0.354. The summed E-state index contributed by atoms with van der Waals surface area (Å²) in [6.07, 6.45) is 1.06. The van der Waals surface area contributed by atoms with Crippen LogP contribution in [0.3, 0.4) is 0 Å². The van der Waals surface area contributed by atoms with Crippen LogP contribution in [0, 0.1) is 13.8 Å². The van der Waals surface area contributed by atoms with Crippen molar-refractivity contribution in [3.63, 3.8) is 0 Å². The van der Waals surface area contributed by atoms with Gasteiger partial charge in [0.2, 0.25) is 0 Å². The molecule has 29 heavy (non-hydrogen) atoms. The SMILES string of the molecule is CCNC(=NCc1c(C)nn(C)c1C)NC1CCN(c2ccccc2OC)C1.I. The summed E-state index contributed by atoms with van der Waals surface area (Å²) in [6, 6.07) is 8.54. The van der Waals surface area contributed by atoms with Gasteiger partial charge in [0.15, 0.2) is 5.96 Å². The molecule has 0 spiro atoms. The van der Waals surface area contributed by atoms with Crippen molar-refractivity contribution in [3.8, 4) is 5.75 Å². The van der Waals surface area contributed by atoms with Crippen LogP contribution in [-0.4, -0.2) is 48.5 Å². The molecule has 0 amide bonds. The molecule has 0 aliphatic carbocycles. The van der Waals surface area contributed by atoms with E-state index in [-0.39, 0.29) is 24.0 Å². The number of methoxy groups -OCH3 is 1. The molecule has 3 rings (SSSR count). The molecule has 2 aromatic rings. The van der Waals surface area contributed by atoms with Crippen LogP contribution in [0.25, 0.3) is 0 Å². The van der Waals surface area contributed by atoms with Crippen molar-refractivity contribution in [2.24, 2.45) is 12.0 Å². The summed E-state index contributed by atoms with van der Waals surface area (Å²) >= 11 is 0. The van der Waals surface area contributed by atoms with E-state index in [0.29, 0.717) is 12.6 Å². The molecule has 0 saturated carbocycles. The number of hydrogen-bond donors (Lipinski definition) is 2. The summed E-state index contributed by atoms with van der Waals surface area (Å²) in [7, 11) is 3.70. The third-order valence-corrected chi connectivity index (χ3v) is 5.35. The number of guanidine groups is 1. The third-order valence-electron chi connectivity index (χ3n) is 5.35. The maximum Gasteiger partial charge on any atom is 0.191 e. The molecule has 1 aliphatic heterocycles. The van der Waals surface area contributed by atoms with E-state index in [1.165, 1.54) is 11.3 Å². The fourth-order valence-electron chi connectivity index (χ4n) is 3.71. The first kappa shape index (κ1) is 23.3. The van der Waals surface area contributed by atoms with Gasteiger partial charge in [-0.25, -0.2) is 4.99 Å². The topological polar surface area (TPSA) is 66.7 Å². The van der Waals surface area contributed by atoms with E-state index in [9.17, 15) is 0 Å². The van der Waals surface area contributed by atoms with Gasteiger partial charge in [-0.15, -0.1) is 24.0 Å². The number of benzene rings is 1. The number of nitrogens with one attached hydrogen (secondary N) is 2. The summed E-state index contributed by atoms with van der Waals surface area (Å²) in [6.45, 7) is 9.61. The number of anilines is 1. The fraction of sp³-hybridized carbons (Fsp3) is 0.524. The van der Waals surface area contributed by atoms with Gasteiger partial charge in [0.05, 0.1) is 25.0 Å². The molecule has 1 unspecified atom stereocenters. The number of aryl methyl sites for hydroxylation is 2. The van der Waals surface area contributed by atoms with Crippen molar-refractivity contribution in [2.45, 2.75) is 39.8 Å². The Kier molecular flexibility index (Phi) is 8.60. The lowest BCUT2D eigenvalue weighted by Gasteiger charge is -2.22. The first-order valence-electron chi connectivity index (χ1n) is 9.95. The highest BCUT2D eigenvalue weighted by molar-refractivity contribution is 14.0. The first-order valence-corrected chi connectivity index (χ1v) is 9.95. The highest BCUT2D eigenvalue weighted by Crippen LogP contribution is 2.30. The van der Waals surface area contributed by atoms with E-state index in [2.05, 4.69) is 46.6 Å². The summed E-state index contributed by atoms with van der Waals surface area (Å²) < 4.78 is 7.44. The van der Waals surface area contributed by atoms with Crippen LogP contribution in [-0.2, 0) is 13.6 Å². The third kappa shape index (κ3) is 5.55. The molecule has 1 aliphatic rings. The van der Waals surface area contributed by atoms with Gasteiger partial charge >= 0.3 is 0 Å². The molecule has 0 radical (unpaired) electrons. The number of ether oxygens (including phenoxy) is 1. The van der Waals surface area contributed by atoms with Crippen LogP contribution in [0.15, 0.2) is 29.3 Å². The average Bonchev–Trinajstić information content (AvgIpc) is 3.25. The van der Waals surface area contributed by atoms with E-state index >= 15 is 0 Å². The lowest BCUT2D eigenvalue weighted by atomic mass is 10.2. The average molecular weight is 512 g/mol. The van der Waals surface area contributed by atoms with Crippen molar-refractivity contribution in [2.75, 3.05) is 31.6 Å². The Morgan fingerprint density at radius 2 is 2.07 bits per heavy atom. The Hall–Kier alpha value is -1.97. The molecule has 1 aromatic carbocycles. The molecule has 2 heterocycles. The normalized spacial score (nSPS) is 16.5. The second-order valence-corrected chi connectivity index (χ2v) is 7.22. The minimum atomic E-state index is 0. The van der Waals surface area contributed by atoms with E-state index in [4.69, 9.17) is 9.73 Å². The molecule has 7 nitrogen and oxygen atoms in total. The number of halogens is 1. The molecule has 0 bridgehead atoms. The van der Waals surface area contributed by atoms with Crippen LogP contribution in [0.1, 0.15) is 30.3 Å². The van der Waals surface area contributed by atoms with Crippen LogP contribution in [0.5, 0.6) is 5.75 Å². The van der Waals surface area contributed by atoms with Crippen LogP contribution in [0.4, 0.5) is 5.69 Å². The summed E-state index contributed by atoms with van der Waals surface area (Å²) in [4.78, 5) is 7.18. The molecule has 1 atom stereocenters. The zero-order chi connectivity index (χ0) is 20.1. The largest absolute Gasteiger partial charge is 0.495 e. The van der Waals surface area contributed by atoms with E-state index in [1.807, 2.05) is 30.8 Å². The second kappa shape index (κ2) is 10.7. The zero-order valence-corrected chi connectivity index (χ0v) is 20.4. The molecule has 1 saturated heterocycles. The summed E-state index contributed by atoms with van der Waals surface area (Å²) in [5, 5.41) is 11.5. The van der Waals surface area contributed by atoms with E-state index < -0.39 is 0 Å². The van der Waals surface area contributed by atoms with Crippen molar-refractivity contribution < 1.29 is 4.74 Å². The molecular weight excluding hydrogens is 479 g/mol. The van der Waals surface area contributed by atoms with E-state index in [1.54, 1.807) is 7.11 Å². The number of rotatable bonds is 6. The number of aromatic nitrogens is 2. The molecule has 8 heteroatoms. The minimum absolute atomic E-state index is 0. The Balaban J connectivity index is 0.00000300. The molecule has 160 valence electrons. The van der Waals surface area contributed by atoms with Gasteiger partial charge < -0.3 is 20.3 Å². The number of nitrogens with zero attached hydrogens (tertiary/aromatic N) is 4. The predicted octanol–water partition coefficient (Wildman–Crippen LogP) is 3.00. The Bertz CT molecular complexity index is 835. The van der Waals surface area contributed by atoms with Gasteiger partial charge in [-0.05, 0) is 39.3 Å². The maximum absolute atomic E-state index is 5.52. The Morgan fingerprint density at radius 1 is 1.31 bits per heavy atom. The standard InChI is InChI=1S/C21H32N6O.HI/c1-6-22-21(23-13-18-15(2)25-26(4)16(18)3)24-17-11-12-27(14-17)19-9-7-8-10-20(19)28-5;/h7-10,17H,6,11-14H2,1-5H3,(H2,22,23,24);1H. The lowest BCUT2D eigenvalue weighted by molar-refractivity contribution is 0.415. The monoisotopic (exact) mass is 512 g/mol. The van der Waals surface area contributed by atoms with Gasteiger partial charge in [-0.3, -0.25) is 4.68 Å². The number of para-hydroxylation sites is 2. The van der Waals surface area contributed by atoms with Crippen LogP contribution in [0.2, 0.25) is 0 Å². The van der Waals surface area contributed by atoms with E-state index in [0.717, 1.165) is 49.1 Å². The van der Waals surface area contributed by atoms with Crippen LogP contribution >= 0.6 is 24.0 Å². The highest BCUT2D eigenvalue weighted by Gasteiger charge is 2.25.